The number of alkyl halides is 1. The van der Waals surface area contributed by atoms with Gasteiger partial charge in [0.2, 0.25) is 5.75 Å². The Labute approximate surface area is 106 Å². The molecule has 0 saturated carbocycles. The Bertz CT molecular complexity index is 338. The summed E-state index contributed by atoms with van der Waals surface area (Å²) in [5.74, 6) is 1.42. The van der Waals surface area contributed by atoms with Crippen LogP contribution in [0.2, 0.25) is 0 Å². The van der Waals surface area contributed by atoms with Gasteiger partial charge in [0.25, 0.3) is 0 Å². The molecule has 2 N–H and O–H groups in total. The molecule has 0 radical (unpaired) electrons. The molecule has 17 heavy (non-hydrogen) atoms. The van der Waals surface area contributed by atoms with Crippen LogP contribution in [0.15, 0.2) is 12.1 Å². The summed E-state index contributed by atoms with van der Waals surface area (Å²) in [6.07, 6.45) is 0. The maximum atomic E-state index is 12.5. The topological polar surface area (TPSA) is 53.7 Å². The third-order valence-electron chi connectivity index (χ3n) is 2.28. The number of methoxy groups -OCH3 is 3. The van der Waals surface area contributed by atoms with Gasteiger partial charge in [0.15, 0.2) is 11.5 Å². The average molecular weight is 266 g/mol. The summed E-state index contributed by atoms with van der Waals surface area (Å²) < 4.78 is 27.9. The van der Waals surface area contributed by atoms with Crippen LogP contribution in [0.1, 0.15) is 11.6 Å². The van der Waals surface area contributed by atoms with Crippen LogP contribution in [0.5, 0.6) is 17.2 Å². The number of ether oxygens (including phenoxy) is 3. The molecule has 0 bridgehead atoms. The van der Waals surface area contributed by atoms with E-state index in [-0.39, 0.29) is 12.4 Å². The maximum Gasteiger partial charge on any atom is 0.203 e. The first kappa shape index (κ1) is 15.8. The van der Waals surface area contributed by atoms with Crippen LogP contribution in [0.3, 0.4) is 0 Å². The fourth-order valence-corrected chi connectivity index (χ4v) is 1.40. The van der Waals surface area contributed by atoms with Crippen LogP contribution >= 0.6 is 12.4 Å². The van der Waals surface area contributed by atoms with E-state index in [9.17, 15) is 4.39 Å². The SMILES string of the molecule is COc1cc([C@H](N)CF)cc(OC)c1OC.Cl. The molecule has 0 heterocycles. The highest BCUT2D eigenvalue weighted by atomic mass is 35.5. The van der Waals surface area contributed by atoms with Crippen LogP contribution in [-0.4, -0.2) is 28.0 Å². The summed E-state index contributed by atoms with van der Waals surface area (Å²) >= 11 is 0. The van der Waals surface area contributed by atoms with E-state index in [4.69, 9.17) is 19.9 Å². The van der Waals surface area contributed by atoms with Gasteiger partial charge in [-0.1, -0.05) is 0 Å². The number of benzene rings is 1. The van der Waals surface area contributed by atoms with Crippen molar-refractivity contribution in [3.63, 3.8) is 0 Å². The van der Waals surface area contributed by atoms with Crippen LogP contribution in [0, 0.1) is 0 Å². The molecule has 0 aliphatic rings. The normalized spacial score (nSPS) is 11.4. The van der Waals surface area contributed by atoms with Crippen LogP contribution in [-0.2, 0) is 0 Å². The Hall–Kier alpha value is -1.20. The lowest BCUT2D eigenvalue weighted by Gasteiger charge is -2.16. The number of hydrogen-bond donors (Lipinski definition) is 1. The smallest absolute Gasteiger partial charge is 0.203 e. The number of nitrogens with two attached hydrogens (primary N) is 1. The highest BCUT2D eigenvalue weighted by molar-refractivity contribution is 5.85. The van der Waals surface area contributed by atoms with E-state index >= 15 is 0 Å². The molecule has 1 atom stereocenters. The van der Waals surface area contributed by atoms with Crippen LogP contribution < -0.4 is 19.9 Å². The molecule has 1 rings (SSSR count). The van der Waals surface area contributed by atoms with Gasteiger partial charge in [-0.05, 0) is 17.7 Å². The third kappa shape index (κ3) is 3.38. The lowest BCUT2D eigenvalue weighted by atomic mass is 10.1. The molecule has 6 heteroatoms. The van der Waals surface area contributed by atoms with E-state index in [0.29, 0.717) is 22.8 Å². The molecular weight excluding hydrogens is 249 g/mol. The van der Waals surface area contributed by atoms with Gasteiger partial charge in [-0.15, -0.1) is 12.4 Å². The standard InChI is InChI=1S/C11H16FNO3.ClH/c1-14-9-4-7(8(13)6-12)5-10(15-2)11(9)16-3;/h4-5,8H,6,13H2,1-3H3;1H/t8-;/m1./s1. The van der Waals surface area contributed by atoms with Gasteiger partial charge in [0.05, 0.1) is 27.4 Å². The van der Waals surface area contributed by atoms with Gasteiger partial charge in [-0.25, -0.2) is 4.39 Å². The lowest BCUT2D eigenvalue weighted by molar-refractivity contribution is 0.322. The summed E-state index contributed by atoms with van der Waals surface area (Å²) in [5, 5.41) is 0. The molecular formula is C11H17ClFNO3. The minimum Gasteiger partial charge on any atom is -0.493 e. The zero-order valence-electron chi connectivity index (χ0n) is 10.0. The van der Waals surface area contributed by atoms with Crippen molar-refractivity contribution in [2.24, 2.45) is 5.73 Å². The van der Waals surface area contributed by atoms with Crippen molar-refractivity contribution in [2.75, 3.05) is 28.0 Å². The van der Waals surface area contributed by atoms with Crippen molar-refractivity contribution < 1.29 is 18.6 Å². The fourth-order valence-electron chi connectivity index (χ4n) is 1.40. The molecule has 4 nitrogen and oxygen atoms in total. The summed E-state index contributed by atoms with van der Waals surface area (Å²) in [6, 6.07) is 2.60. The number of hydrogen-bond acceptors (Lipinski definition) is 4. The molecule has 0 aliphatic heterocycles. The fraction of sp³-hybridized carbons (Fsp3) is 0.455. The number of halogens is 2. The quantitative estimate of drug-likeness (QED) is 0.886. The van der Waals surface area contributed by atoms with E-state index in [1.165, 1.54) is 21.3 Å². The molecule has 0 spiro atoms. The Morgan fingerprint density at radius 2 is 1.59 bits per heavy atom. The zero-order valence-corrected chi connectivity index (χ0v) is 10.8. The Morgan fingerprint density at radius 1 is 1.12 bits per heavy atom. The maximum absolute atomic E-state index is 12.5. The van der Waals surface area contributed by atoms with Crippen LogP contribution in [0.4, 0.5) is 4.39 Å². The third-order valence-corrected chi connectivity index (χ3v) is 2.28. The zero-order chi connectivity index (χ0) is 12.1. The Morgan fingerprint density at radius 3 is 1.88 bits per heavy atom. The summed E-state index contributed by atoms with van der Waals surface area (Å²) in [7, 11) is 4.51. The molecule has 1 aromatic carbocycles. The van der Waals surface area contributed by atoms with Crippen molar-refractivity contribution in [3.05, 3.63) is 17.7 Å². The molecule has 0 saturated heterocycles. The van der Waals surface area contributed by atoms with Gasteiger partial charge in [-0.3, -0.25) is 0 Å². The predicted molar refractivity (Wildman–Crippen MR) is 66.2 cm³/mol. The van der Waals surface area contributed by atoms with Crippen molar-refractivity contribution in [1.29, 1.82) is 0 Å². The Balaban J connectivity index is 0.00000256. The first-order chi connectivity index (χ1) is 7.67. The molecule has 0 amide bonds. The molecule has 1 aromatic rings. The molecule has 0 unspecified atom stereocenters. The second-order valence-corrected chi connectivity index (χ2v) is 3.22. The van der Waals surface area contributed by atoms with Gasteiger partial charge in [0.1, 0.15) is 6.67 Å². The molecule has 0 aromatic heterocycles. The van der Waals surface area contributed by atoms with E-state index < -0.39 is 12.7 Å². The monoisotopic (exact) mass is 265 g/mol. The van der Waals surface area contributed by atoms with Crippen molar-refractivity contribution in [3.8, 4) is 17.2 Å². The van der Waals surface area contributed by atoms with Crippen molar-refractivity contribution >= 4 is 12.4 Å². The van der Waals surface area contributed by atoms with E-state index in [0.717, 1.165) is 0 Å². The lowest BCUT2D eigenvalue weighted by Crippen LogP contribution is -2.12. The van der Waals surface area contributed by atoms with E-state index in [1.807, 2.05) is 0 Å². The number of rotatable bonds is 5. The predicted octanol–water partition coefficient (Wildman–Crippen LogP) is 2.10. The van der Waals surface area contributed by atoms with Crippen molar-refractivity contribution in [2.45, 2.75) is 6.04 Å². The average Bonchev–Trinajstić information content (AvgIpc) is 2.35. The highest BCUT2D eigenvalue weighted by Gasteiger charge is 2.16. The van der Waals surface area contributed by atoms with Gasteiger partial charge in [0, 0.05) is 0 Å². The summed E-state index contributed by atoms with van der Waals surface area (Å²) in [4.78, 5) is 0. The van der Waals surface area contributed by atoms with Gasteiger partial charge in [-0.2, -0.15) is 0 Å². The molecule has 0 aliphatic carbocycles. The minimum absolute atomic E-state index is 0. The second-order valence-electron chi connectivity index (χ2n) is 3.22. The van der Waals surface area contributed by atoms with Crippen LogP contribution in [0.25, 0.3) is 0 Å². The van der Waals surface area contributed by atoms with Gasteiger partial charge >= 0.3 is 0 Å². The van der Waals surface area contributed by atoms with Gasteiger partial charge < -0.3 is 19.9 Å². The van der Waals surface area contributed by atoms with E-state index in [1.54, 1.807) is 12.1 Å². The summed E-state index contributed by atoms with van der Waals surface area (Å²) in [5.41, 5.74) is 6.21. The second kappa shape index (κ2) is 7.19. The van der Waals surface area contributed by atoms with E-state index in [2.05, 4.69) is 0 Å². The summed E-state index contributed by atoms with van der Waals surface area (Å²) in [6.45, 7) is -0.640. The van der Waals surface area contributed by atoms with Crippen molar-refractivity contribution in [1.82, 2.24) is 0 Å². The first-order valence-electron chi connectivity index (χ1n) is 4.79. The highest BCUT2D eigenvalue weighted by Crippen LogP contribution is 2.39. The molecule has 98 valence electrons. The minimum atomic E-state index is -0.686. The first-order valence-corrected chi connectivity index (χ1v) is 4.79. The molecule has 0 fully saturated rings. The Kier molecular flexibility index (Phi) is 6.68. The largest absolute Gasteiger partial charge is 0.493 e.